The number of carbonyl (C=O) groups excluding carboxylic acids is 1. The maximum absolute atomic E-state index is 11.9. The van der Waals surface area contributed by atoms with E-state index in [9.17, 15) is 4.79 Å². The van der Waals surface area contributed by atoms with Gasteiger partial charge in [0, 0.05) is 31.0 Å². The molecule has 0 spiro atoms. The molecule has 6 heteroatoms. The number of pyridine rings is 1. The first kappa shape index (κ1) is 21.7. The van der Waals surface area contributed by atoms with E-state index in [1.807, 2.05) is 23.1 Å². The molecule has 3 rings (SSSR count). The van der Waals surface area contributed by atoms with Crippen LogP contribution in [0.5, 0.6) is 11.5 Å². The summed E-state index contributed by atoms with van der Waals surface area (Å²) in [5.74, 6) is 1.56. The molecule has 152 valence electrons. The summed E-state index contributed by atoms with van der Waals surface area (Å²) in [5, 5.41) is 8.73. The van der Waals surface area contributed by atoms with Crippen molar-refractivity contribution >= 4 is 5.91 Å². The van der Waals surface area contributed by atoms with Gasteiger partial charge in [0.1, 0.15) is 11.5 Å². The zero-order valence-electron chi connectivity index (χ0n) is 17.0. The predicted octanol–water partition coefficient (Wildman–Crippen LogP) is 3.28. The van der Waals surface area contributed by atoms with Crippen LogP contribution in [0.15, 0.2) is 36.7 Å². The minimum atomic E-state index is -0.0307. The van der Waals surface area contributed by atoms with E-state index in [0.29, 0.717) is 11.3 Å². The van der Waals surface area contributed by atoms with E-state index in [1.165, 1.54) is 17.5 Å². The molecule has 1 aromatic carbocycles. The van der Waals surface area contributed by atoms with Crippen LogP contribution in [-0.4, -0.2) is 47.7 Å². The average Bonchev–Trinajstić information content (AvgIpc) is 2.75. The van der Waals surface area contributed by atoms with Crippen LogP contribution in [0.3, 0.4) is 0 Å². The number of piperidine rings is 1. The molecule has 28 heavy (non-hydrogen) atoms. The van der Waals surface area contributed by atoms with Crippen molar-refractivity contribution in [3.05, 3.63) is 53.3 Å². The largest absolute Gasteiger partial charge is 0.496 e. The zero-order valence-corrected chi connectivity index (χ0v) is 17.0. The number of hydrogen-bond donors (Lipinski definition) is 1. The number of nitrogens with zero attached hydrogens (tertiary/aromatic N) is 2. The van der Waals surface area contributed by atoms with E-state index in [1.54, 1.807) is 25.6 Å². The first-order chi connectivity index (χ1) is 13.5. The molecule has 1 aliphatic heterocycles. The minimum Gasteiger partial charge on any atom is -0.496 e. The second-order valence-corrected chi connectivity index (χ2v) is 6.82. The fraction of sp³-hybridized carbons (Fsp3) is 0.455. The first-order valence-corrected chi connectivity index (χ1v) is 9.60. The van der Waals surface area contributed by atoms with E-state index in [0.717, 1.165) is 31.7 Å². The lowest BCUT2D eigenvalue weighted by Crippen LogP contribution is -2.38. The third-order valence-electron chi connectivity index (χ3n) is 4.80. The molecular formula is C22H30N2O4. The second kappa shape index (κ2) is 11.3. The summed E-state index contributed by atoms with van der Waals surface area (Å²) in [6.07, 6.45) is 6.68. The summed E-state index contributed by atoms with van der Waals surface area (Å²) in [4.78, 5) is 17.7. The molecule has 0 bridgehead atoms. The molecule has 0 aliphatic carbocycles. The Hall–Kier alpha value is -2.60. The van der Waals surface area contributed by atoms with Gasteiger partial charge >= 0.3 is 0 Å². The lowest BCUT2D eigenvalue weighted by Gasteiger charge is -2.26. The number of aromatic nitrogens is 1. The molecular weight excluding hydrogens is 356 g/mol. The minimum absolute atomic E-state index is 0.0307. The maximum atomic E-state index is 11.9. The molecule has 1 amide bonds. The number of ether oxygens (including phenoxy) is 2. The highest BCUT2D eigenvalue weighted by atomic mass is 16.5. The quantitative estimate of drug-likeness (QED) is 0.854. The highest BCUT2D eigenvalue weighted by molar-refractivity contribution is 5.77. The Bertz CT molecular complexity index is 735. The lowest BCUT2D eigenvalue weighted by atomic mass is 10.1. The summed E-state index contributed by atoms with van der Waals surface area (Å²) in [5.41, 5.74) is 3.15. The number of amides is 1. The Morgan fingerprint density at radius 3 is 2.50 bits per heavy atom. The van der Waals surface area contributed by atoms with Gasteiger partial charge in [-0.05, 0) is 62.4 Å². The number of methoxy groups -OCH3 is 1. The number of hydrogen-bond acceptors (Lipinski definition) is 5. The topological polar surface area (TPSA) is 71.9 Å². The smallest absolute Gasteiger partial charge is 0.260 e. The molecule has 1 aliphatic rings. The van der Waals surface area contributed by atoms with Gasteiger partial charge in [-0.2, -0.15) is 0 Å². The van der Waals surface area contributed by atoms with Crippen molar-refractivity contribution in [2.45, 2.75) is 39.7 Å². The summed E-state index contributed by atoms with van der Waals surface area (Å²) >= 11 is 0. The predicted molar refractivity (Wildman–Crippen MR) is 109 cm³/mol. The molecule has 6 nitrogen and oxygen atoms in total. The Morgan fingerprint density at radius 1 is 1.14 bits per heavy atom. The van der Waals surface area contributed by atoms with Gasteiger partial charge < -0.3 is 19.5 Å². The first-order valence-electron chi connectivity index (χ1n) is 9.60. The number of benzene rings is 1. The van der Waals surface area contributed by atoms with Gasteiger partial charge in [0.05, 0.1) is 13.7 Å². The Balaban J connectivity index is 0.000000237. The molecule has 0 atom stereocenters. The van der Waals surface area contributed by atoms with E-state index >= 15 is 0 Å². The van der Waals surface area contributed by atoms with Gasteiger partial charge in [0.25, 0.3) is 5.91 Å². The van der Waals surface area contributed by atoms with Gasteiger partial charge in [0.15, 0.2) is 6.61 Å². The van der Waals surface area contributed by atoms with Crippen LogP contribution < -0.4 is 9.47 Å². The van der Waals surface area contributed by atoms with Crippen LogP contribution >= 0.6 is 0 Å². The van der Waals surface area contributed by atoms with Gasteiger partial charge in [-0.3, -0.25) is 9.78 Å². The van der Waals surface area contributed by atoms with Gasteiger partial charge in [-0.25, -0.2) is 0 Å². The average molecular weight is 386 g/mol. The second-order valence-electron chi connectivity index (χ2n) is 6.82. The van der Waals surface area contributed by atoms with Crippen LogP contribution in [0, 0.1) is 13.8 Å². The molecule has 1 saturated heterocycles. The molecule has 1 N–H and O–H groups in total. The molecule has 0 saturated carbocycles. The molecule has 0 unspecified atom stereocenters. The number of carbonyl (C=O) groups is 1. The van der Waals surface area contributed by atoms with Crippen LogP contribution in [-0.2, 0) is 11.4 Å². The highest BCUT2D eigenvalue weighted by Crippen LogP contribution is 2.17. The third kappa shape index (κ3) is 6.53. The Labute approximate surface area is 167 Å². The van der Waals surface area contributed by atoms with Crippen molar-refractivity contribution in [3.63, 3.8) is 0 Å². The Morgan fingerprint density at radius 2 is 1.89 bits per heavy atom. The van der Waals surface area contributed by atoms with E-state index in [2.05, 4.69) is 18.8 Å². The SMILES string of the molecule is COc1ccncc1CO.Cc1ccc(OCC(=O)N2CCCCC2)cc1C. The van der Waals surface area contributed by atoms with Crippen molar-refractivity contribution in [2.75, 3.05) is 26.8 Å². The van der Waals surface area contributed by atoms with Crippen LogP contribution in [0.1, 0.15) is 36.0 Å². The summed E-state index contributed by atoms with van der Waals surface area (Å²) < 4.78 is 10.5. The number of aryl methyl sites for hydroxylation is 2. The fourth-order valence-electron chi connectivity index (χ4n) is 2.92. The van der Waals surface area contributed by atoms with E-state index < -0.39 is 0 Å². The summed E-state index contributed by atoms with van der Waals surface area (Å²) in [6, 6.07) is 7.65. The highest BCUT2D eigenvalue weighted by Gasteiger charge is 2.16. The molecule has 2 heterocycles. The number of likely N-dealkylation sites (tertiary alicyclic amines) is 1. The molecule has 1 fully saturated rings. The van der Waals surface area contributed by atoms with Gasteiger partial charge in [-0.15, -0.1) is 0 Å². The van der Waals surface area contributed by atoms with Crippen molar-refractivity contribution < 1.29 is 19.4 Å². The van der Waals surface area contributed by atoms with Crippen molar-refractivity contribution in [3.8, 4) is 11.5 Å². The van der Waals surface area contributed by atoms with Crippen LogP contribution in [0.2, 0.25) is 0 Å². The van der Waals surface area contributed by atoms with Crippen LogP contribution in [0.4, 0.5) is 0 Å². The monoisotopic (exact) mass is 386 g/mol. The molecule has 1 aromatic heterocycles. The Kier molecular flexibility index (Phi) is 8.75. The number of aliphatic hydroxyl groups is 1. The normalized spacial score (nSPS) is 13.4. The standard InChI is InChI=1S/C15H21NO2.C7H9NO2/c1-12-6-7-14(10-13(12)2)18-11-15(17)16-8-4-3-5-9-16;1-10-7-2-3-8-4-6(7)5-9/h6-7,10H,3-5,8-9,11H2,1-2H3;2-4,9H,5H2,1H3. The van der Waals surface area contributed by atoms with Gasteiger partial charge in [0.2, 0.25) is 0 Å². The van der Waals surface area contributed by atoms with Crippen molar-refractivity contribution in [1.29, 1.82) is 0 Å². The van der Waals surface area contributed by atoms with Crippen molar-refractivity contribution in [1.82, 2.24) is 9.88 Å². The third-order valence-corrected chi connectivity index (χ3v) is 4.80. The summed E-state index contributed by atoms with van der Waals surface area (Å²) in [7, 11) is 1.56. The number of rotatable bonds is 5. The van der Waals surface area contributed by atoms with Crippen LogP contribution in [0.25, 0.3) is 0 Å². The van der Waals surface area contributed by atoms with Crippen molar-refractivity contribution in [2.24, 2.45) is 0 Å². The maximum Gasteiger partial charge on any atom is 0.260 e. The lowest BCUT2D eigenvalue weighted by molar-refractivity contribution is -0.134. The van der Waals surface area contributed by atoms with E-state index in [4.69, 9.17) is 14.6 Å². The van der Waals surface area contributed by atoms with Gasteiger partial charge in [-0.1, -0.05) is 6.07 Å². The zero-order chi connectivity index (χ0) is 20.4. The number of aliphatic hydroxyl groups excluding tert-OH is 1. The summed E-state index contributed by atoms with van der Waals surface area (Å²) in [6.45, 7) is 6.01. The van der Waals surface area contributed by atoms with E-state index in [-0.39, 0.29) is 19.1 Å². The molecule has 2 aromatic rings. The molecule has 0 radical (unpaired) electrons. The fourth-order valence-corrected chi connectivity index (χ4v) is 2.92.